The van der Waals surface area contributed by atoms with Crippen LogP contribution in [0.5, 0.6) is 28.7 Å². The van der Waals surface area contributed by atoms with Gasteiger partial charge < -0.3 is 45.7 Å². The number of benzene rings is 3. The Hall–Kier alpha value is -4.67. The molecule has 3 aromatic carbocycles. The standard InChI is InChI=1S/C52H67N3O7/c1-5-29-19-32-13-12-31(29)20-37(56)9-7-17-54-52(53)55-27-34-14-11-30-8-6-10-38(34)50(30)62-46-24-33(15-16-42(46)57)51-44(59)25-41-45(61-51)26-47(60-4)49-40-22-36(18-28(2)3)43(58)23-35(40)21-39(32)48(41)49/h11-16,22-24,26,28-32,34,37-39,44,50-51,56-59H,5-10,17-21,25,27H2,1-4H3,(H3,53,54,55). The van der Waals surface area contributed by atoms with Gasteiger partial charge in [0.15, 0.2) is 17.5 Å². The zero-order valence-electron chi connectivity index (χ0n) is 36.9. The van der Waals surface area contributed by atoms with Gasteiger partial charge in [-0.1, -0.05) is 64.0 Å². The molecule has 1 fully saturated rings. The fourth-order valence-electron chi connectivity index (χ4n) is 12.0. The van der Waals surface area contributed by atoms with Crippen LogP contribution in [-0.4, -0.2) is 64.9 Å². The van der Waals surface area contributed by atoms with Gasteiger partial charge in [-0.05, 0) is 133 Å². The van der Waals surface area contributed by atoms with E-state index in [0.29, 0.717) is 73.1 Å². The van der Waals surface area contributed by atoms with Gasteiger partial charge in [-0.15, -0.1) is 0 Å². The Morgan fingerprint density at radius 3 is 2.48 bits per heavy atom. The molecule has 9 aliphatic rings. The van der Waals surface area contributed by atoms with E-state index in [4.69, 9.17) is 24.9 Å². The monoisotopic (exact) mass is 845 g/mol. The first-order valence-electron chi connectivity index (χ1n) is 23.5. The number of methoxy groups -OCH3 is 1. The van der Waals surface area contributed by atoms with Crippen LogP contribution in [0.2, 0.25) is 0 Å². The maximum Gasteiger partial charge on any atom is 0.188 e. The van der Waals surface area contributed by atoms with Crippen LogP contribution < -0.4 is 25.3 Å². The van der Waals surface area contributed by atoms with Gasteiger partial charge in [0.2, 0.25) is 0 Å². The van der Waals surface area contributed by atoms with Crippen molar-refractivity contribution in [2.75, 3.05) is 20.2 Å². The number of fused-ring (bicyclic) bond motifs is 2. The predicted octanol–water partition coefficient (Wildman–Crippen LogP) is 8.67. The number of hydrogen-bond donors (Lipinski definition) is 6. The number of allylic oxidation sites excluding steroid dienone is 2. The van der Waals surface area contributed by atoms with Crippen molar-refractivity contribution in [3.05, 3.63) is 88.5 Å². The number of phenols is 2. The van der Waals surface area contributed by atoms with Gasteiger partial charge in [0.25, 0.3) is 0 Å². The Bertz CT molecular complexity index is 2220. The van der Waals surface area contributed by atoms with E-state index >= 15 is 0 Å². The van der Waals surface area contributed by atoms with Gasteiger partial charge in [0.1, 0.15) is 29.5 Å². The molecule has 0 radical (unpaired) electrons. The lowest BCUT2D eigenvalue weighted by atomic mass is 9.64. The Morgan fingerprint density at radius 1 is 0.871 bits per heavy atom. The molecule has 12 rings (SSSR count). The number of hydrogen-bond acceptors (Lipinski definition) is 10. The van der Waals surface area contributed by atoms with Crippen molar-refractivity contribution >= 4 is 5.96 Å². The first kappa shape index (κ1) is 42.6. The van der Waals surface area contributed by atoms with Crippen LogP contribution in [0.15, 0.2) is 65.7 Å². The molecule has 0 saturated heterocycles. The largest absolute Gasteiger partial charge is 0.508 e. The quantitative estimate of drug-likeness (QED) is 0.141. The van der Waals surface area contributed by atoms with Crippen molar-refractivity contribution in [3.8, 4) is 39.9 Å². The predicted molar refractivity (Wildman–Crippen MR) is 243 cm³/mol. The van der Waals surface area contributed by atoms with E-state index in [1.807, 2.05) is 24.3 Å². The smallest absolute Gasteiger partial charge is 0.188 e. The maximum absolute atomic E-state index is 12.2. The molecule has 1 saturated carbocycles. The average Bonchev–Trinajstić information content (AvgIpc) is 3.25. The highest BCUT2D eigenvalue weighted by molar-refractivity contribution is 5.84. The lowest BCUT2D eigenvalue weighted by Crippen LogP contribution is -2.44. The lowest BCUT2D eigenvalue weighted by Gasteiger charge is -2.43. The molecule has 7 N–H and O–H groups in total. The lowest BCUT2D eigenvalue weighted by molar-refractivity contribution is 0.0180. The highest BCUT2D eigenvalue weighted by atomic mass is 16.5. The maximum atomic E-state index is 12.2. The molecule has 0 amide bonds. The summed E-state index contributed by atoms with van der Waals surface area (Å²) >= 11 is 0. The molecule has 62 heavy (non-hydrogen) atoms. The molecule has 10 nitrogen and oxygen atoms in total. The number of nitrogens with one attached hydrogen (secondary N) is 1. The first-order chi connectivity index (χ1) is 30.0. The summed E-state index contributed by atoms with van der Waals surface area (Å²) in [4.78, 5) is 4.75. The number of nitrogens with two attached hydrogens (primary N) is 1. The van der Waals surface area contributed by atoms with Gasteiger partial charge in [0, 0.05) is 54.5 Å². The van der Waals surface area contributed by atoms with Gasteiger partial charge in [-0.2, -0.15) is 0 Å². The summed E-state index contributed by atoms with van der Waals surface area (Å²) < 4.78 is 20.0. The number of guanidine groups is 1. The summed E-state index contributed by atoms with van der Waals surface area (Å²) in [6, 6.07) is 11.5. The molecular formula is C52H67N3O7. The van der Waals surface area contributed by atoms with Crippen LogP contribution >= 0.6 is 0 Å². The second kappa shape index (κ2) is 17.8. The van der Waals surface area contributed by atoms with Crippen molar-refractivity contribution < 1.29 is 34.6 Å². The van der Waals surface area contributed by atoms with Crippen LogP contribution in [-0.2, 0) is 19.3 Å². The molecule has 11 atom stereocenters. The van der Waals surface area contributed by atoms with Crippen molar-refractivity contribution in [1.29, 1.82) is 0 Å². The fraction of sp³-hybridized carbons (Fsp3) is 0.558. The van der Waals surface area contributed by atoms with Crippen LogP contribution in [0.1, 0.15) is 112 Å². The van der Waals surface area contributed by atoms with E-state index in [1.165, 1.54) is 0 Å². The number of aliphatic hydroxyl groups excluding tert-OH is 2. The third-order valence-corrected chi connectivity index (χ3v) is 15.2. The molecule has 5 heterocycles. The molecular weight excluding hydrogens is 779 g/mol. The molecule has 10 heteroatoms. The zero-order valence-corrected chi connectivity index (χ0v) is 36.9. The van der Waals surface area contributed by atoms with Crippen LogP contribution in [0, 0.1) is 41.4 Å². The average molecular weight is 846 g/mol. The van der Waals surface area contributed by atoms with Crippen LogP contribution in [0.3, 0.4) is 0 Å². The molecule has 0 spiro atoms. The van der Waals surface area contributed by atoms with Crippen LogP contribution in [0.4, 0.5) is 0 Å². The van der Waals surface area contributed by atoms with Crippen molar-refractivity contribution in [1.82, 2.24) is 5.32 Å². The topological polar surface area (TPSA) is 159 Å². The van der Waals surface area contributed by atoms with Gasteiger partial charge in [-0.25, -0.2) is 0 Å². The van der Waals surface area contributed by atoms with Gasteiger partial charge in [0.05, 0.1) is 19.3 Å². The number of phenolic OH excluding ortho intramolecular Hbond substituents is 2. The van der Waals surface area contributed by atoms with E-state index in [1.54, 1.807) is 13.2 Å². The van der Waals surface area contributed by atoms with Crippen LogP contribution in [0.25, 0.3) is 11.1 Å². The summed E-state index contributed by atoms with van der Waals surface area (Å²) in [6.45, 7) is 7.77. The van der Waals surface area contributed by atoms with Crippen molar-refractivity contribution in [3.63, 3.8) is 0 Å². The number of aromatic hydroxyl groups is 2. The fourth-order valence-corrected chi connectivity index (χ4v) is 12.0. The van der Waals surface area contributed by atoms with Gasteiger partial charge >= 0.3 is 0 Å². The SMILES string of the molecule is CCC1CC2C=CC1CC(O)CCCNC(N)=NCC1C=CC3CCCC1C3Oc1cc(ccc1O)C1Oc3cc(OC)c4c(c3CC1O)C2Cc1cc(O)c(CC(C)C)cc1-4. The number of rotatable bonds is 4. The highest BCUT2D eigenvalue weighted by Crippen LogP contribution is 2.56. The van der Waals surface area contributed by atoms with Crippen molar-refractivity contribution in [2.45, 2.75) is 122 Å². The Kier molecular flexibility index (Phi) is 12.3. The number of nitrogens with zero attached hydrogens (tertiary/aromatic N) is 1. The Balaban J connectivity index is 1.14. The molecule has 332 valence electrons. The number of aliphatic imine (C=N–C) groups is 1. The van der Waals surface area contributed by atoms with E-state index in [-0.39, 0.29) is 47.4 Å². The molecule has 11 unspecified atom stereocenters. The number of aliphatic hydroxyl groups is 2. The molecule has 12 bridgehead atoms. The Labute approximate surface area is 367 Å². The summed E-state index contributed by atoms with van der Waals surface area (Å²) in [7, 11) is 1.71. The number of ether oxygens (including phenoxy) is 3. The third-order valence-electron chi connectivity index (χ3n) is 15.2. The van der Waals surface area contributed by atoms with Crippen molar-refractivity contribution in [2.24, 2.45) is 52.2 Å². The summed E-state index contributed by atoms with van der Waals surface area (Å²) in [6.07, 6.45) is 16.2. The molecule has 3 aromatic rings. The minimum Gasteiger partial charge on any atom is -0.508 e. The third kappa shape index (κ3) is 8.29. The van der Waals surface area contributed by atoms with E-state index in [0.717, 1.165) is 90.3 Å². The van der Waals surface area contributed by atoms with E-state index < -0.39 is 18.3 Å². The minimum absolute atomic E-state index is 0.0403. The summed E-state index contributed by atoms with van der Waals surface area (Å²) in [5.41, 5.74) is 13.4. The molecule has 0 aromatic heterocycles. The second-order valence-corrected chi connectivity index (χ2v) is 19.6. The summed E-state index contributed by atoms with van der Waals surface area (Å²) in [5, 5.41) is 49.4. The first-order valence-corrected chi connectivity index (χ1v) is 23.5. The normalized spacial score (nSPS) is 31.7. The highest BCUT2D eigenvalue weighted by Gasteiger charge is 2.44. The van der Waals surface area contributed by atoms with E-state index in [2.05, 4.69) is 56.5 Å². The molecule has 4 aliphatic carbocycles. The Morgan fingerprint density at radius 2 is 1.68 bits per heavy atom. The van der Waals surface area contributed by atoms with E-state index in [9.17, 15) is 20.4 Å². The molecule has 5 aliphatic heterocycles. The van der Waals surface area contributed by atoms with Gasteiger partial charge in [-0.3, -0.25) is 4.99 Å². The zero-order chi connectivity index (χ0) is 43.2. The second-order valence-electron chi connectivity index (χ2n) is 19.6. The minimum atomic E-state index is -0.872. The summed E-state index contributed by atoms with van der Waals surface area (Å²) in [5.74, 6) is 4.39.